The van der Waals surface area contributed by atoms with Crippen LogP contribution >= 0.6 is 11.6 Å². The van der Waals surface area contributed by atoms with Gasteiger partial charge in [0.25, 0.3) is 5.91 Å². The number of rotatable bonds is 5. The Morgan fingerprint density at radius 3 is 2.69 bits per heavy atom. The van der Waals surface area contributed by atoms with Gasteiger partial charge in [0.05, 0.1) is 0 Å². The summed E-state index contributed by atoms with van der Waals surface area (Å²) in [5.74, 6) is 0.366. The number of carbonyl (C=O) groups excluding carboxylic acids is 2. The highest BCUT2D eigenvalue weighted by Gasteiger charge is 2.35. The first kappa shape index (κ1) is 18.5. The Hall–Kier alpha value is -2.34. The van der Waals surface area contributed by atoms with Crippen LogP contribution in [0.25, 0.3) is 0 Å². The second-order valence-electron chi connectivity index (χ2n) is 6.39. The van der Waals surface area contributed by atoms with Gasteiger partial charge in [-0.2, -0.15) is 0 Å². The number of fused-ring (bicyclic) bond motifs is 1. The van der Waals surface area contributed by atoms with Crippen LogP contribution in [0.2, 0.25) is 0 Å². The largest absolute Gasteiger partial charge is 0.351 e. The molecule has 3 rings (SSSR count). The van der Waals surface area contributed by atoms with Crippen LogP contribution < -0.4 is 5.32 Å². The molecule has 1 aromatic carbocycles. The van der Waals surface area contributed by atoms with Crippen molar-refractivity contribution in [2.45, 2.75) is 38.2 Å². The topological polar surface area (TPSA) is 67.2 Å². The molecular weight excluding hydrogens is 352 g/mol. The number of nitrogens with zero attached hydrogens (tertiary/aromatic N) is 3. The summed E-state index contributed by atoms with van der Waals surface area (Å²) in [4.78, 5) is 31.3. The van der Waals surface area contributed by atoms with Crippen LogP contribution in [0.15, 0.2) is 36.5 Å². The summed E-state index contributed by atoms with van der Waals surface area (Å²) in [6, 6.07) is 9.36. The van der Waals surface area contributed by atoms with E-state index in [-0.39, 0.29) is 17.9 Å². The highest BCUT2D eigenvalue weighted by molar-refractivity contribution is 6.30. The van der Waals surface area contributed by atoms with Crippen LogP contribution in [0.5, 0.6) is 0 Å². The SMILES string of the molecule is CCCNC(=O)c1cn2c(n1)C(c1ccccc1)N(C(=O)C(C)Cl)CC2. The highest BCUT2D eigenvalue weighted by atomic mass is 35.5. The summed E-state index contributed by atoms with van der Waals surface area (Å²) in [5, 5.41) is 2.23. The lowest BCUT2D eigenvalue weighted by molar-refractivity contribution is -0.133. The monoisotopic (exact) mass is 374 g/mol. The molecule has 2 amide bonds. The summed E-state index contributed by atoms with van der Waals surface area (Å²) >= 11 is 6.07. The number of halogens is 1. The van der Waals surface area contributed by atoms with Gasteiger partial charge in [0.2, 0.25) is 5.91 Å². The number of hydrogen-bond donors (Lipinski definition) is 1. The summed E-state index contributed by atoms with van der Waals surface area (Å²) in [6.45, 7) is 5.39. The zero-order valence-electron chi connectivity index (χ0n) is 15.0. The van der Waals surface area contributed by atoms with Gasteiger partial charge < -0.3 is 14.8 Å². The van der Waals surface area contributed by atoms with Gasteiger partial charge in [-0.05, 0) is 18.9 Å². The smallest absolute Gasteiger partial charge is 0.271 e. The lowest BCUT2D eigenvalue weighted by Gasteiger charge is -2.36. The minimum atomic E-state index is -0.616. The molecular formula is C19H23ClN4O2. The summed E-state index contributed by atoms with van der Waals surface area (Å²) < 4.78 is 1.96. The van der Waals surface area contributed by atoms with Crippen molar-refractivity contribution in [2.24, 2.45) is 0 Å². The van der Waals surface area contributed by atoms with E-state index >= 15 is 0 Å². The molecule has 1 aliphatic heterocycles. The van der Waals surface area contributed by atoms with Crippen molar-refractivity contribution in [2.75, 3.05) is 13.1 Å². The number of hydrogen-bond acceptors (Lipinski definition) is 3. The first-order valence-corrected chi connectivity index (χ1v) is 9.31. The number of amides is 2. The second-order valence-corrected chi connectivity index (χ2v) is 7.05. The minimum absolute atomic E-state index is 0.133. The van der Waals surface area contributed by atoms with Crippen LogP contribution in [0.3, 0.4) is 0 Å². The molecule has 1 aromatic heterocycles. The number of aromatic nitrogens is 2. The third kappa shape index (κ3) is 3.60. The normalized spacial score (nSPS) is 17.5. The molecule has 1 N–H and O–H groups in total. The molecule has 138 valence electrons. The Bertz CT molecular complexity index is 788. The van der Waals surface area contributed by atoms with Gasteiger partial charge in [0.15, 0.2) is 0 Å². The lowest BCUT2D eigenvalue weighted by Crippen LogP contribution is -2.45. The van der Waals surface area contributed by atoms with Crippen molar-refractivity contribution >= 4 is 23.4 Å². The molecule has 2 heterocycles. The molecule has 7 heteroatoms. The maximum Gasteiger partial charge on any atom is 0.271 e. The summed E-state index contributed by atoms with van der Waals surface area (Å²) in [5.41, 5.74) is 1.33. The molecule has 0 radical (unpaired) electrons. The average molecular weight is 375 g/mol. The van der Waals surface area contributed by atoms with Gasteiger partial charge in [-0.15, -0.1) is 11.6 Å². The van der Waals surface area contributed by atoms with Crippen LogP contribution in [-0.4, -0.2) is 44.7 Å². The van der Waals surface area contributed by atoms with Crippen LogP contribution in [0.1, 0.15) is 48.2 Å². The van der Waals surface area contributed by atoms with E-state index in [2.05, 4.69) is 10.3 Å². The first-order valence-electron chi connectivity index (χ1n) is 8.87. The van der Waals surface area contributed by atoms with E-state index in [1.54, 1.807) is 18.0 Å². The second kappa shape index (κ2) is 7.91. The summed E-state index contributed by atoms with van der Waals surface area (Å²) in [6.07, 6.45) is 2.63. The van der Waals surface area contributed by atoms with Gasteiger partial charge >= 0.3 is 0 Å². The third-order valence-electron chi connectivity index (χ3n) is 4.45. The molecule has 0 saturated carbocycles. The number of nitrogens with one attached hydrogen (secondary N) is 1. The van der Waals surface area contributed by atoms with Crippen molar-refractivity contribution < 1.29 is 9.59 Å². The van der Waals surface area contributed by atoms with E-state index in [1.807, 2.05) is 41.8 Å². The van der Waals surface area contributed by atoms with Gasteiger partial charge in [-0.25, -0.2) is 4.98 Å². The fourth-order valence-corrected chi connectivity index (χ4v) is 3.31. The van der Waals surface area contributed by atoms with Crippen LogP contribution in [0.4, 0.5) is 0 Å². The van der Waals surface area contributed by atoms with Crippen LogP contribution in [0, 0.1) is 0 Å². The quantitative estimate of drug-likeness (QED) is 0.818. The maximum atomic E-state index is 12.7. The standard InChI is InChI=1S/C19H23ClN4O2/c1-3-9-21-18(25)15-12-23-10-11-24(19(26)13(2)20)16(17(23)22-15)14-7-5-4-6-8-14/h4-8,12-13,16H,3,9-11H2,1-2H3,(H,21,25). The lowest BCUT2D eigenvalue weighted by atomic mass is 10.0. The highest BCUT2D eigenvalue weighted by Crippen LogP contribution is 2.32. The number of benzene rings is 1. The number of carbonyl (C=O) groups is 2. The van der Waals surface area contributed by atoms with E-state index in [9.17, 15) is 9.59 Å². The zero-order chi connectivity index (χ0) is 18.7. The van der Waals surface area contributed by atoms with E-state index in [1.165, 1.54) is 0 Å². The molecule has 0 bridgehead atoms. The van der Waals surface area contributed by atoms with Gasteiger partial charge in [0.1, 0.15) is 22.9 Å². The van der Waals surface area contributed by atoms with Crippen molar-refractivity contribution in [3.63, 3.8) is 0 Å². The van der Waals surface area contributed by atoms with Crippen molar-refractivity contribution in [3.05, 3.63) is 53.6 Å². The predicted molar refractivity (Wildman–Crippen MR) is 100 cm³/mol. The van der Waals surface area contributed by atoms with Gasteiger partial charge in [0, 0.05) is 25.8 Å². The Labute approximate surface area is 158 Å². The molecule has 2 atom stereocenters. The Morgan fingerprint density at radius 2 is 2.04 bits per heavy atom. The Balaban J connectivity index is 2.00. The molecule has 6 nitrogen and oxygen atoms in total. The summed E-state index contributed by atoms with van der Waals surface area (Å²) in [7, 11) is 0. The first-order chi connectivity index (χ1) is 12.5. The van der Waals surface area contributed by atoms with Crippen molar-refractivity contribution in [1.82, 2.24) is 19.8 Å². The molecule has 2 aromatic rings. The fraction of sp³-hybridized carbons (Fsp3) is 0.421. The minimum Gasteiger partial charge on any atom is -0.351 e. The van der Waals surface area contributed by atoms with E-state index < -0.39 is 5.38 Å². The molecule has 26 heavy (non-hydrogen) atoms. The van der Waals surface area contributed by atoms with Gasteiger partial charge in [-0.3, -0.25) is 9.59 Å². The predicted octanol–water partition coefficient (Wildman–Crippen LogP) is 2.58. The van der Waals surface area contributed by atoms with Gasteiger partial charge in [-0.1, -0.05) is 37.3 Å². The Kier molecular flexibility index (Phi) is 5.61. The van der Waals surface area contributed by atoms with E-state index in [4.69, 9.17) is 11.6 Å². The maximum absolute atomic E-state index is 12.7. The fourth-order valence-electron chi connectivity index (χ4n) is 3.18. The molecule has 0 aliphatic carbocycles. The number of imidazole rings is 1. The molecule has 0 saturated heterocycles. The molecule has 0 fully saturated rings. The average Bonchev–Trinajstić information content (AvgIpc) is 3.09. The van der Waals surface area contributed by atoms with Crippen molar-refractivity contribution in [1.29, 1.82) is 0 Å². The van der Waals surface area contributed by atoms with Crippen LogP contribution in [-0.2, 0) is 11.3 Å². The molecule has 0 spiro atoms. The van der Waals surface area contributed by atoms with E-state index in [0.29, 0.717) is 31.2 Å². The number of alkyl halides is 1. The molecule has 1 aliphatic rings. The zero-order valence-corrected chi connectivity index (χ0v) is 15.7. The Morgan fingerprint density at radius 1 is 1.31 bits per heavy atom. The molecule has 2 unspecified atom stereocenters. The van der Waals surface area contributed by atoms with Crippen molar-refractivity contribution in [3.8, 4) is 0 Å². The third-order valence-corrected chi connectivity index (χ3v) is 4.64. The van der Waals surface area contributed by atoms with E-state index in [0.717, 1.165) is 12.0 Å².